The molecule has 1 aliphatic carbocycles. The monoisotopic (exact) mass is 267 g/mol. The molecule has 0 N–H and O–H groups in total. The molecular weight excluding hydrogens is 242 g/mol. The molecule has 1 unspecified atom stereocenters. The van der Waals surface area contributed by atoms with Crippen molar-refractivity contribution in [2.24, 2.45) is 0 Å². The molecule has 0 fully saturated rings. The van der Waals surface area contributed by atoms with Gasteiger partial charge in [-0.2, -0.15) is 0 Å². The van der Waals surface area contributed by atoms with Gasteiger partial charge in [-0.05, 0) is 30.6 Å². The van der Waals surface area contributed by atoms with E-state index in [1.54, 1.807) is 11.8 Å². The molecule has 0 aromatic rings. The third-order valence-corrected chi connectivity index (χ3v) is 6.78. The number of nitrogens with zero attached hydrogens (tertiary/aromatic N) is 1. The Hall–Kier alpha value is -0.960. The van der Waals surface area contributed by atoms with Gasteiger partial charge < -0.3 is 4.90 Å². The highest BCUT2D eigenvalue weighted by Gasteiger charge is 2.24. The van der Waals surface area contributed by atoms with Crippen LogP contribution in [0.2, 0.25) is 0 Å². The fourth-order valence-corrected chi connectivity index (χ4v) is 4.62. The Bertz CT molecular complexity index is 393. The molecule has 0 aliphatic heterocycles. The van der Waals surface area contributed by atoms with E-state index in [-0.39, 0.29) is 21.5 Å². The van der Waals surface area contributed by atoms with E-state index >= 15 is 0 Å². The minimum atomic E-state index is -0.0375. The standard InChI is InChI=1S/C15H25NOS/c1-6-18(7-2)15(4)11-8-9-14(10-12-15)16(5)13(3)17/h8-12,18H,6-7H2,1-5H3. The summed E-state index contributed by atoms with van der Waals surface area (Å²) in [6.45, 7) is 8.42. The molecule has 3 heteroatoms. The minimum absolute atomic E-state index is 0.0375. The van der Waals surface area contributed by atoms with E-state index in [0.29, 0.717) is 0 Å². The van der Waals surface area contributed by atoms with Crippen LogP contribution >= 0.6 is 10.9 Å². The van der Waals surface area contributed by atoms with Crippen molar-refractivity contribution in [2.75, 3.05) is 18.6 Å². The van der Waals surface area contributed by atoms with Gasteiger partial charge in [0, 0.05) is 24.4 Å². The van der Waals surface area contributed by atoms with Crippen LogP contribution in [0, 0.1) is 0 Å². The lowest BCUT2D eigenvalue weighted by Gasteiger charge is -2.35. The van der Waals surface area contributed by atoms with Crippen molar-refractivity contribution in [3.05, 3.63) is 36.1 Å². The molecule has 1 amide bonds. The number of hydrogen-bond donors (Lipinski definition) is 1. The zero-order chi connectivity index (χ0) is 13.8. The van der Waals surface area contributed by atoms with Crippen molar-refractivity contribution in [1.82, 2.24) is 4.90 Å². The van der Waals surface area contributed by atoms with E-state index in [9.17, 15) is 4.79 Å². The fourth-order valence-electron chi connectivity index (χ4n) is 2.23. The average Bonchev–Trinajstić information content (AvgIpc) is 2.52. The Morgan fingerprint density at radius 3 is 2.44 bits per heavy atom. The van der Waals surface area contributed by atoms with Crippen molar-refractivity contribution in [3.63, 3.8) is 0 Å². The van der Waals surface area contributed by atoms with E-state index in [4.69, 9.17) is 0 Å². The van der Waals surface area contributed by atoms with Gasteiger partial charge in [0.15, 0.2) is 0 Å². The molecule has 0 heterocycles. The summed E-state index contributed by atoms with van der Waals surface area (Å²) in [6.07, 6.45) is 10.7. The van der Waals surface area contributed by atoms with Gasteiger partial charge in [-0.15, -0.1) is 0 Å². The lowest BCUT2D eigenvalue weighted by molar-refractivity contribution is -0.125. The summed E-state index contributed by atoms with van der Waals surface area (Å²) in [6, 6.07) is 0. The maximum absolute atomic E-state index is 11.4. The number of carbonyl (C=O) groups excluding carboxylic acids is 1. The van der Waals surface area contributed by atoms with Crippen molar-refractivity contribution in [3.8, 4) is 0 Å². The Morgan fingerprint density at radius 1 is 1.33 bits per heavy atom. The molecule has 0 aromatic carbocycles. The lowest BCUT2D eigenvalue weighted by atomic mass is 10.1. The van der Waals surface area contributed by atoms with E-state index in [1.807, 2.05) is 13.1 Å². The van der Waals surface area contributed by atoms with Crippen molar-refractivity contribution in [1.29, 1.82) is 0 Å². The second-order valence-corrected chi connectivity index (χ2v) is 8.07. The summed E-state index contributed by atoms with van der Waals surface area (Å²) in [5, 5.41) is 0. The molecule has 0 radical (unpaired) electrons. The smallest absolute Gasteiger partial charge is 0.223 e. The normalized spacial score (nSPS) is 23.4. The minimum Gasteiger partial charge on any atom is -0.316 e. The number of allylic oxidation sites excluding steroid dienone is 3. The SMILES string of the molecule is CC[SH](CC)C1(C)C=CC=C(N(C)C(C)=O)C=C1. The third-order valence-electron chi connectivity index (χ3n) is 3.60. The van der Waals surface area contributed by atoms with Gasteiger partial charge in [-0.25, -0.2) is 10.9 Å². The maximum atomic E-state index is 11.4. The zero-order valence-corrected chi connectivity index (χ0v) is 13.0. The molecule has 0 spiro atoms. The first-order valence-corrected chi connectivity index (χ1v) is 8.24. The predicted molar refractivity (Wildman–Crippen MR) is 83.3 cm³/mol. The Morgan fingerprint density at radius 2 is 1.94 bits per heavy atom. The van der Waals surface area contributed by atoms with Crippen molar-refractivity contribution >= 4 is 16.8 Å². The van der Waals surface area contributed by atoms with Crippen LogP contribution in [-0.4, -0.2) is 34.1 Å². The van der Waals surface area contributed by atoms with Crippen molar-refractivity contribution in [2.45, 2.75) is 32.4 Å². The molecular formula is C15H25NOS. The molecule has 2 nitrogen and oxygen atoms in total. The van der Waals surface area contributed by atoms with Gasteiger partial charge >= 0.3 is 0 Å². The van der Waals surface area contributed by atoms with E-state index in [2.05, 4.69) is 45.1 Å². The van der Waals surface area contributed by atoms with E-state index in [1.165, 1.54) is 11.5 Å². The van der Waals surface area contributed by atoms with Gasteiger partial charge in [0.1, 0.15) is 0 Å². The highest BCUT2D eigenvalue weighted by molar-refractivity contribution is 8.18. The quantitative estimate of drug-likeness (QED) is 0.775. The van der Waals surface area contributed by atoms with Gasteiger partial charge in [0.25, 0.3) is 0 Å². The van der Waals surface area contributed by atoms with Crippen LogP contribution in [-0.2, 0) is 4.79 Å². The third kappa shape index (κ3) is 3.29. The largest absolute Gasteiger partial charge is 0.316 e. The first kappa shape index (κ1) is 15.1. The molecule has 1 rings (SSSR count). The molecule has 1 aliphatic rings. The summed E-state index contributed by atoms with van der Waals surface area (Å²) in [5.41, 5.74) is 0.963. The molecule has 0 aromatic heterocycles. The number of carbonyl (C=O) groups is 1. The zero-order valence-electron chi connectivity index (χ0n) is 12.1. The number of amides is 1. The van der Waals surface area contributed by atoms with Gasteiger partial charge in [0.2, 0.25) is 5.91 Å². The number of hydrogen-bond acceptors (Lipinski definition) is 1. The Labute approximate surface area is 114 Å². The second kappa shape index (κ2) is 6.28. The summed E-state index contributed by atoms with van der Waals surface area (Å²) < 4.78 is 0.148. The molecule has 18 heavy (non-hydrogen) atoms. The van der Waals surface area contributed by atoms with Crippen LogP contribution in [0.5, 0.6) is 0 Å². The van der Waals surface area contributed by atoms with E-state index in [0.717, 1.165) is 5.70 Å². The van der Waals surface area contributed by atoms with Crippen LogP contribution in [0.4, 0.5) is 0 Å². The molecule has 102 valence electrons. The lowest BCUT2D eigenvalue weighted by Crippen LogP contribution is -2.23. The molecule has 0 bridgehead atoms. The van der Waals surface area contributed by atoms with Gasteiger partial charge in [-0.3, -0.25) is 4.79 Å². The Balaban J connectivity index is 2.97. The first-order valence-electron chi connectivity index (χ1n) is 6.52. The fraction of sp³-hybridized carbons (Fsp3) is 0.533. The highest BCUT2D eigenvalue weighted by Crippen LogP contribution is 2.43. The van der Waals surface area contributed by atoms with Crippen LogP contribution in [0.1, 0.15) is 27.7 Å². The number of rotatable bonds is 4. The first-order chi connectivity index (χ1) is 8.44. The van der Waals surface area contributed by atoms with Gasteiger partial charge in [-0.1, -0.05) is 32.1 Å². The molecule has 1 atom stereocenters. The van der Waals surface area contributed by atoms with Crippen molar-refractivity contribution < 1.29 is 4.79 Å². The summed E-state index contributed by atoms with van der Waals surface area (Å²) in [7, 11) is 1.78. The number of likely N-dealkylation sites (N-methyl/N-ethyl adjacent to an activating group) is 1. The molecule has 0 saturated carbocycles. The van der Waals surface area contributed by atoms with Crippen LogP contribution < -0.4 is 0 Å². The summed E-state index contributed by atoms with van der Waals surface area (Å²) >= 11 is 0. The summed E-state index contributed by atoms with van der Waals surface area (Å²) in [5.74, 6) is 2.53. The van der Waals surface area contributed by atoms with Crippen LogP contribution in [0.15, 0.2) is 36.1 Å². The molecule has 0 saturated heterocycles. The Kier molecular flexibility index (Phi) is 5.27. The number of thiol groups is 1. The maximum Gasteiger partial charge on any atom is 0.223 e. The average molecular weight is 267 g/mol. The highest BCUT2D eigenvalue weighted by atomic mass is 32.2. The van der Waals surface area contributed by atoms with Crippen LogP contribution in [0.25, 0.3) is 0 Å². The van der Waals surface area contributed by atoms with Crippen LogP contribution in [0.3, 0.4) is 0 Å². The van der Waals surface area contributed by atoms with E-state index < -0.39 is 0 Å². The topological polar surface area (TPSA) is 20.3 Å². The second-order valence-electron chi connectivity index (χ2n) is 4.76. The van der Waals surface area contributed by atoms with Gasteiger partial charge in [0.05, 0.1) is 0 Å². The summed E-state index contributed by atoms with van der Waals surface area (Å²) in [4.78, 5) is 13.1. The predicted octanol–water partition coefficient (Wildman–Crippen LogP) is 3.27.